The van der Waals surface area contributed by atoms with Crippen LogP contribution in [0.15, 0.2) is 18.2 Å². The number of fused-ring (bicyclic) bond motifs is 1. The minimum Gasteiger partial charge on any atom is -0.481 e. The van der Waals surface area contributed by atoms with Gasteiger partial charge in [0.25, 0.3) is 0 Å². The summed E-state index contributed by atoms with van der Waals surface area (Å²) < 4.78 is 5.34. The molecule has 1 aliphatic heterocycles. The van der Waals surface area contributed by atoms with Crippen molar-refractivity contribution in [2.45, 2.75) is 18.4 Å². The Morgan fingerprint density at radius 1 is 1.67 bits per heavy atom. The SMILES string of the molecule is CC(C(=O)O)c1ccc2c(c1)OC(S)N2. The molecule has 0 saturated heterocycles. The summed E-state index contributed by atoms with van der Waals surface area (Å²) in [6.45, 7) is 1.64. The van der Waals surface area contributed by atoms with Crippen LogP contribution in [0.25, 0.3) is 0 Å². The van der Waals surface area contributed by atoms with Gasteiger partial charge in [-0.2, -0.15) is 0 Å². The van der Waals surface area contributed by atoms with Crippen LogP contribution in [-0.2, 0) is 4.79 Å². The third-order valence-electron chi connectivity index (χ3n) is 2.39. The molecule has 2 unspecified atom stereocenters. The number of hydrogen-bond donors (Lipinski definition) is 3. The maximum absolute atomic E-state index is 10.8. The molecule has 0 saturated carbocycles. The standard InChI is InChI=1S/C10H11NO3S/c1-5(9(12)13)6-2-3-7-8(4-6)14-10(15)11-7/h2-5,10-11,15H,1H3,(H,12,13). The highest BCUT2D eigenvalue weighted by atomic mass is 32.1. The number of aliphatic carboxylic acids is 1. The van der Waals surface area contributed by atoms with Gasteiger partial charge < -0.3 is 15.2 Å². The fraction of sp³-hybridized carbons (Fsp3) is 0.300. The summed E-state index contributed by atoms with van der Waals surface area (Å²) in [7, 11) is 0. The van der Waals surface area contributed by atoms with Crippen molar-refractivity contribution in [3.63, 3.8) is 0 Å². The van der Waals surface area contributed by atoms with Crippen molar-refractivity contribution < 1.29 is 14.6 Å². The number of anilines is 1. The second-order valence-electron chi connectivity index (χ2n) is 3.43. The molecular formula is C10H11NO3S. The zero-order valence-corrected chi connectivity index (χ0v) is 8.99. The van der Waals surface area contributed by atoms with Crippen molar-refractivity contribution in [1.82, 2.24) is 0 Å². The number of thiol groups is 1. The fourth-order valence-electron chi connectivity index (χ4n) is 1.45. The summed E-state index contributed by atoms with van der Waals surface area (Å²) in [4.78, 5) is 10.8. The first-order chi connectivity index (χ1) is 7.08. The highest BCUT2D eigenvalue weighted by molar-refractivity contribution is 7.80. The lowest BCUT2D eigenvalue weighted by atomic mass is 10.0. The lowest BCUT2D eigenvalue weighted by molar-refractivity contribution is -0.138. The second kappa shape index (κ2) is 3.66. The maximum Gasteiger partial charge on any atom is 0.310 e. The highest BCUT2D eigenvalue weighted by Crippen LogP contribution is 2.35. The molecule has 0 aromatic heterocycles. The molecule has 0 aliphatic carbocycles. The van der Waals surface area contributed by atoms with Crippen molar-refractivity contribution in [1.29, 1.82) is 0 Å². The van der Waals surface area contributed by atoms with Crippen LogP contribution >= 0.6 is 12.6 Å². The summed E-state index contributed by atoms with van der Waals surface area (Å²) in [5.41, 5.74) is 1.22. The number of carboxylic acid groups (broad SMARTS) is 1. The van der Waals surface area contributed by atoms with E-state index in [4.69, 9.17) is 9.84 Å². The predicted octanol–water partition coefficient (Wildman–Crippen LogP) is 1.89. The van der Waals surface area contributed by atoms with E-state index >= 15 is 0 Å². The van der Waals surface area contributed by atoms with Gasteiger partial charge in [0.05, 0.1) is 11.6 Å². The summed E-state index contributed by atoms with van der Waals surface area (Å²) in [6, 6.07) is 5.32. The van der Waals surface area contributed by atoms with Crippen molar-refractivity contribution in [3.8, 4) is 5.75 Å². The topological polar surface area (TPSA) is 58.6 Å². The van der Waals surface area contributed by atoms with E-state index < -0.39 is 11.9 Å². The Morgan fingerprint density at radius 2 is 2.40 bits per heavy atom. The van der Waals surface area contributed by atoms with E-state index in [1.807, 2.05) is 0 Å². The Hall–Kier alpha value is -1.36. The minimum atomic E-state index is -0.844. The van der Waals surface area contributed by atoms with Crippen molar-refractivity contribution >= 4 is 24.3 Å². The molecule has 1 aromatic carbocycles. The number of nitrogens with one attached hydrogen (secondary N) is 1. The van der Waals surface area contributed by atoms with Crippen LogP contribution in [0.2, 0.25) is 0 Å². The third-order valence-corrected chi connectivity index (χ3v) is 2.63. The van der Waals surface area contributed by atoms with Crippen LogP contribution in [0.1, 0.15) is 18.4 Å². The van der Waals surface area contributed by atoms with Gasteiger partial charge in [-0.3, -0.25) is 4.79 Å². The molecule has 0 spiro atoms. The van der Waals surface area contributed by atoms with Crippen molar-refractivity contribution in [2.75, 3.05) is 5.32 Å². The lowest BCUT2D eigenvalue weighted by Gasteiger charge is -2.07. The fourth-order valence-corrected chi connectivity index (χ4v) is 1.70. The van der Waals surface area contributed by atoms with Gasteiger partial charge in [0.2, 0.25) is 5.56 Å². The maximum atomic E-state index is 10.8. The van der Waals surface area contributed by atoms with Gasteiger partial charge in [-0.05, 0) is 24.6 Å². The molecule has 1 heterocycles. The molecule has 4 nitrogen and oxygen atoms in total. The Kier molecular flexibility index (Phi) is 2.48. The number of rotatable bonds is 2. The molecule has 80 valence electrons. The van der Waals surface area contributed by atoms with Crippen LogP contribution < -0.4 is 10.1 Å². The number of ether oxygens (including phenoxy) is 1. The highest BCUT2D eigenvalue weighted by Gasteiger charge is 2.21. The predicted molar refractivity (Wildman–Crippen MR) is 59.5 cm³/mol. The van der Waals surface area contributed by atoms with E-state index in [1.54, 1.807) is 25.1 Å². The van der Waals surface area contributed by atoms with Crippen molar-refractivity contribution in [2.24, 2.45) is 0 Å². The van der Waals surface area contributed by atoms with E-state index in [-0.39, 0.29) is 5.56 Å². The summed E-state index contributed by atoms with van der Waals surface area (Å²) in [5, 5.41) is 11.9. The van der Waals surface area contributed by atoms with Gasteiger partial charge in [0.1, 0.15) is 5.75 Å². The quantitative estimate of drug-likeness (QED) is 0.673. The molecule has 1 aliphatic rings. The monoisotopic (exact) mass is 225 g/mol. The van der Waals surface area contributed by atoms with Crippen LogP contribution in [0.4, 0.5) is 5.69 Å². The average Bonchev–Trinajstić information content (AvgIpc) is 2.55. The summed E-state index contributed by atoms with van der Waals surface area (Å²) >= 11 is 4.11. The smallest absolute Gasteiger partial charge is 0.310 e. The van der Waals surface area contributed by atoms with Gasteiger partial charge >= 0.3 is 5.97 Å². The molecule has 2 rings (SSSR count). The van der Waals surface area contributed by atoms with Gasteiger partial charge in [-0.25, -0.2) is 0 Å². The summed E-state index contributed by atoms with van der Waals surface area (Å²) in [6.07, 6.45) is 0. The molecule has 0 fully saturated rings. The molecular weight excluding hydrogens is 214 g/mol. The Balaban J connectivity index is 2.31. The number of benzene rings is 1. The zero-order valence-electron chi connectivity index (χ0n) is 8.10. The second-order valence-corrected chi connectivity index (χ2v) is 3.90. The Bertz CT molecular complexity index is 408. The molecule has 15 heavy (non-hydrogen) atoms. The minimum absolute atomic E-state index is 0.351. The molecule has 0 bridgehead atoms. The first-order valence-corrected chi connectivity index (χ1v) is 5.07. The average molecular weight is 225 g/mol. The largest absolute Gasteiger partial charge is 0.481 e. The third kappa shape index (κ3) is 1.87. The van der Waals surface area contributed by atoms with E-state index in [2.05, 4.69) is 17.9 Å². The van der Waals surface area contributed by atoms with Crippen LogP contribution in [0, 0.1) is 0 Å². The molecule has 1 aromatic rings. The number of hydrogen-bond acceptors (Lipinski definition) is 4. The number of carboxylic acids is 1. The first kappa shape index (κ1) is 10.2. The van der Waals surface area contributed by atoms with E-state index in [9.17, 15) is 4.79 Å². The van der Waals surface area contributed by atoms with Crippen LogP contribution in [-0.4, -0.2) is 16.6 Å². The molecule has 2 N–H and O–H groups in total. The lowest BCUT2D eigenvalue weighted by Crippen LogP contribution is -2.10. The summed E-state index contributed by atoms with van der Waals surface area (Å²) in [5.74, 6) is -0.721. The van der Waals surface area contributed by atoms with E-state index in [0.29, 0.717) is 5.75 Å². The van der Waals surface area contributed by atoms with Gasteiger partial charge in [-0.15, -0.1) is 12.6 Å². The zero-order chi connectivity index (χ0) is 11.0. The van der Waals surface area contributed by atoms with Gasteiger partial charge in [0.15, 0.2) is 0 Å². The molecule has 5 heteroatoms. The Morgan fingerprint density at radius 3 is 3.07 bits per heavy atom. The number of carbonyl (C=O) groups is 1. The van der Waals surface area contributed by atoms with Gasteiger partial charge in [-0.1, -0.05) is 6.07 Å². The Labute approximate surface area is 92.7 Å². The molecule has 0 amide bonds. The first-order valence-electron chi connectivity index (χ1n) is 4.56. The van der Waals surface area contributed by atoms with E-state index in [1.165, 1.54) is 0 Å². The van der Waals surface area contributed by atoms with Crippen molar-refractivity contribution in [3.05, 3.63) is 23.8 Å². The van der Waals surface area contributed by atoms with Crippen LogP contribution in [0.3, 0.4) is 0 Å². The normalized spacial score (nSPS) is 20.0. The molecule has 0 radical (unpaired) electrons. The van der Waals surface area contributed by atoms with Crippen LogP contribution in [0.5, 0.6) is 5.75 Å². The molecule has 2 atom stereocenters. The van der Waals surface area contributed by atoms with Gasteiger partial charge in [0, 0.05) is 0 Å². The van der Waals surface area contributed by atoms with E-state index in [0.717, 1.165) is 11.3 Å².